The van der Waals surface area contributed by atoms with Gasteiger partial charge in [0.1, 0.15) is 10.7 Å². The molecule has 0 unspecified atom stereocenters. The molecule has 4 nitrogen and oxygen atoms in total. The van der Waals surface area contributed by atoms with Crippen LogP contribution < -0.4 is 10.0 Å². The fourth-order valence-electron chi connectivity index (χ4n) is 1.42. The molecule has 102 valence electrons. The summed E-state index contributed by atoms with van der Waals surface area (Å²) in [5, 5.41) is 3.23. The molecule has 0 saturated carbocycles. The average molecular weight is 295 g/mol. The van der Waals surface area contributed by atoms with Crippen molar-refractivity contribution in [3.05, 3.63) is 29.0 Å². The highest BCUT2D eigenvalue weighted by Crippen LogP contribution is 2.19. The number of sulfonamides is 1. The van der Waals surface area contributed by atoms with Crippen LogP contribution in [0.2, 0.25) is 5.02 Å². The summed E-state index contributed by atoms with van der Waals surface area (Å²) in [6.45, 7) is 4.67. The van der Waals surface area contributed by atoms with Crippen LogP contribution in [0.25, 0.3) is 0 Å². The summed E-state index contributed by atoms with van der Waals surface area (Å²) in [5.74, 6) is -0.817. The maximum atomic E-state index is 13.4. The Labute approximate surface area is 112 Å². The molecular formula is C11H16ClFN2O2S. The zero-order valence-corrected chi connectivity index (χ0v) is 11.8. The Morgan fingerprint density at radius 3 is 2.72 bits per heavy atom. The molecule has 2 N–H and O–H groups in total. The molecule has 0 aliphatic carbocycles. The van der Waals surface area contributed by atoms with Crippen molar-refractivity contribution in [2.75, 3.05) is 13.1 Å². The minimum atomic E-state index is -3.88. The van der Waals surface area contributed by atoms with Crippen molar-refractivity contribution in [1.29, 1.82) is 0 Å². The standard InChI is InChI=1S/C11H16ClFN2O2S/c1-3-14-8(2)7-15-18(16,17)11-6-9(12)4-5-10(11)13/h4-6,8,14-15H,3,7H2,1-2H3/t8-/m1/s1. The van der Waals surface area contributed by atoms with Crippen molar-refractivity contribution in [2.24, 2.45) is 0 Å². The number of benzene rings is 1. The third-order valence-electron chi connectivity index (χ3n) is 2.31. The van der Waals surface area contributed by atoms with Gasteiger partial charge in [0, 0.05) is 17.6 Å². The molecule has 0 fully saturated rings. The van der Waals surface area contributed by atoms with Crippen LogP contribution in [0.15, 0.2) is 23.1 Å². The summed E-state index contributed by atoms with van der Waals surface area (Å²) >= 11 is 5.66. The Morgan fingerprint density at radius 1 is 1.44 bits per heavy atom. The van der Waals surface area contributed by atoms with E-state index in [0.717, 1.165) is 18.7 Å². The Bertz CT molecular complexity index is 508. The number of rotatable bonds is 6. The molecule has 0 aromatic heterocycles. The second kappa shape index (κ2) is 6.47. The molecule has 1 aromatic carbocycles. The summed E-state index contributed by atoms with van der Waals surface area (Å²) < 4.78 is 39.5. The smallest absolute Gasteiger partial charge is 0.243 e. The molecule has 0 amide bonds. The second-order valence-electron chi connectivity index (χ2n) is 3.89. The van der Waals surface area contributed by atoms with Gasteiger partial charge in [-0.2, -0.15) is 0 Å². The molecule has 0 spiro atoms. The molecule has 0 bridgehead atoms. The number of halogens is 2. The minimum absolute atomic E-state index is 0.0352. The second-order valence-corrected chi connectivity index (χ2v) is 6.06. The van der Waals surface area contributed by atoms with Crippen LogP contribution in [0.4, 0.5) is 4.39 Å². The predicted molar refractivity (Wildman–Crippen MR) is 69.7 cm³/mol. The van der Waals surface area contributed by atoms with Crippen molar-refractivity contribution in [1.82, 2.24) is 10.0 Å². The van der Waals surface area contributed by atoms with E-state index in [4.69, 9.17) is 11.6 Å². The van der Waals surface area contributed by atoms with E-state index in [1.165, 1.54) is 6.07 Å². The van der Waals surface area contributed by atoms with Gasteiger partial charge in [0.05, 0.1) is 0 Å². The lowest BCUT2D eigenvalue weighted by Crippen LogP contribution is -2.39. The van der Waals surface area contributed by atoms with E-state index in [1.54, 1.807) is 0 Å². The van der Waals surface area contributed by atoms with E-state index in [-0.39, 0.29) is 17.6 Å². The van der Waals surface area contributed by atoms with Crippen molar-refractivity contribution in [2.45, 2.75) is 24.8 Å². The van der Waals surface area contributed by atoms with Crippen molar-refractivity contribution in [3.8, 4) is 0 Å². The van der Waals surface area contributed by atoms with Gasteiger partial charge in [-0.1, -0.05) is 18.5 Å². The topological polar surface area (TPSA) is 58.2 Å². The van der Waals surface area contributed by atoms with E-state index in [2.05, 4.69) is 10.0 Å². The van der Waals surface area contributed by atoms with Crippen LogP contribution in [0.3, 0.4) is 0 Å². The molecule has 0 heterocycles. The summed E-state index contributed by atoms with van der Waals surface area (Å²) in [6, 6.07) is 3.39. The number of likely N-dealkylation sites (N-methyl/N-ethyl adjacent to an activating group) is 1. The van der Waals surface area contributed by atoms with E-state index in [9.17, 15) is 12.8 Å². The molecule has 0 radical (unpaired) electrons. The lowest BCUT2D eigenvalue weighted by molar-refractivity contribution is 0.528. The highest BCUT2D eigenvalue weighted by molar-refractivity contribution is 7.89. The van der Waals surface area contributed by atoms with Crippen LogP contribution in [0.5, 0.6) is 0 Å². The van der Waals surface area contributed by atoms with Gasteiger partial charge in [0.15, 0.2) is 0 Å². The zero-order chi connectivity index (χ0) is 13.8. The first-order valence-corrected chi connectivity index (χ1v) is 7.41. The minimum Gasteiger partial charge on any atom is -0.313 e. The zero-order valence-electron chi connectivity index (χ0n) is 10.2. The van der Waals surface area contributed by atoms with E-state index < -0.39 is 20.7 Å². The highest BCUT2D eigenvalue weighted by Gasteiger charge is 2.19. The van der Waals surface area contributed by atoms with Crippen molar-refractivity contribution >= 4 is 21.6 Å². The monoisotopic (exact) mass is 294 g/mol. The van der Waals surface area contributed by atoms with Gasteiger partial charge in [-0.3, -0.25) is 0 Å². The molecular weight excluding hydrogens is 279 g/mol. The van der Waals surface area contributed by atoms with Crippen LogP contribution in [-0.4, -0.2) is 27.5 Å². The van der Waals surface area contributed by atoms with Crippen LogP contribution in [0.1, 0.15) is 13.8 Å². The normalized spacial score (nSPS) is 13.6. The molecule has 0 saturated heterocycles. The summed E-state index contributed by atoms with van der Waals surface area (Å²) in [7, 11) is -3.88. The predicted octanol–water partition coefficient (Wildman–Crippen LogP) is 1.76. The Balaban J connectivity index is 2.83. The first-order valence-electron chi connectivity index (χ1n) is 5.55. The molecule has 0 aliphatic heterocycles. The van der Waals surface area contributed by atoms with Crippen molar-refractivity contribution in [3.63, 3.8) is 0 Å². The summed E-state index contributed by atoms with van der Waals surface area (Å²) in [5.41, 5.74) is 0. The number of nitrogens with one attached hydrogen (secondary N) is 2. The van der Waals surface area contributed by atoms with Gasteiger partial charge in [0.25, 0.3) is 0 Å². The first kappa shape index (κ1) is 15.4. The van der Waals surface area contributed by atoms with Gasteiger partial charge < -0.3 is 5.32 Å². The summed E-state index contributed by atoms with van der Waals surface area (Å²) in [4.78, 5) is -0.432. The summed E-state index contributed by atoms with van der Waals surface area (Å²) in [6.07, 6.45) is 0. The highest BCUT2D eigenvalue weighted by atomic mass is 35.5. The van der Waals surface area contributed by atoms with Crippen LogP contribution in [0, 0.1) is 5.82 Å². The molecule has 7 heteroatoms. The van der Waals surface area contributed by atoms with Gasteiger partial charge in [-0.25, -0.2) is 17.5 Å². The van der Waals surface area contributed by atoms with Crippen LogP contribution in [-0.2, 0) is 10.0 Å². The van der Waals surface area contributed by atoms with Gasteiger partial charge >= 0.3 is 0 Å². The SMILES string of the molecule is CCN[C@H](C)CNS(=O)(=O)c1cc(Cl)ccc1F. The van der Waals surface area contributed by atoms with Gasteiger partial charge in [-0.05, 0) is 31.7 Å². The molecule has 1 rings (SSSR count). The Morgan fingerprint density at radius 2 is 2.11 bits per heavy atom. The van der Waals surface area contributed by atoms with Gasteiger partial charge in [0.2, 0.25) is 10.0 Å². The maximum absolute atomic E-state index is 13.4. The molecule has 0 aliphatic rings. The Hall–Kier alpha value is -0.690. The molecule has 18 heavy (non-hydrogen) atoms. The quantitative estimate of drug-likeness (QED) is 0.840. The van der Waals surface area contributed by atoms with Crippen LogP contribution >= 0.6 is 11.6 Å². The van der Waals surface area contributed by atoms with Gasteiger partial charge in [-0.15, -0.1) is 0 Å². The van der Waals surface area contributed by atoms with E-state index >= 15 is 0 Å². The average Bonchev–Trinajstić information content (AvgIpc) is 2.30. The van der Waals surface area contributed by atoms with Crippen molar-refractivity contribution < 1.29 is 12.8 Å². The van der Waals surface area contributed by atoms with E-state index in [1.807, 2.05) is 13.8 Å². The molecule has 1 atom stereocenters. The largest absolute Gasteiger partial charge is 0.313 e. The third-order valence-corrected chi connectivity index (χ3v) is 3.99. The van der Waals surface area contributed by atoms with E-state index in [0.29, 0.717) is 0 Å². The fourth-order valence-corrected chi connectivity index (χ4v) is 2.88. The third kappa shape index (κ3) is 4.20. The molecule has 1 aromatic rings. The first-order chi connectivity index (χ1) is 8.36. The lowest BCUT2D eigenvalue weighted by Gasteiger charge is -2.14. The number of hydrogen-bond acceptors (Lipinski definition) is 3. The Kier molecular flexibility index (Phi) is 5.52. The lowest BCUT2D eigenvalue weighted by atomic mass is 10.3. The fraction of sp³-hybridized carbons (Fsp3) is 0.455. The number of hydrogen-bond donors (Lipinski definition) is 2. The maximum Gasteiger partial charge on any atom is 0.243 e.